The molecule has 0 unspecified atom stereocenters. The monoisotopic (exact) mass is 427 g/mol. The molecule has 6 N–H and O–H groups in total. The van der Waals surface area contributed by atoms with Crippen molar-refractivity contribution in [3.63, 3.8) is 0 Å². The van der Waals surface area contributed by atoms with E-state index in [2.05, 4.69) is 17.6 Å². The highest BCUT2D eigenvalue weighted by Gasteiger charge is 2.19. The van der Waals surface area contributed by atoms with Crippen LogP contribution in [-0.2, 0) is 9.59 Å². The number of rotatable bonds is 10. The summed E-state index contributed by atoms with van der Waals surface area (Å²) >= 11 is 0. The number of likely N-dealkylation sites (N-methyl/N-ethyl adjacent to an activating group) is 1. The van der Waals surface area contributed by atoms with Gasteiger partial charge in [0, 0.05) is 17.8 Å². The molecule has 0 aliphatic carbocycles. The summed E-state index contributed by atoms with van der Waals surface area (Å²) in [5, 5.41) is 14.0. The number of hydrogen-bond acceptors (Lipinski definition) is 6. The van der Waals surface area contributed by atoms with Crippen molar-refractivity contribution in [2.75, 3.05) is 32.0 Å². The molecule has 31 heavy (non-hydrogen) atoms. The van der Waals surface area contributed by atoms with Gasteiger partial charge in [-0.15, -0.1) is 0 Å². The molecular weight excluding hydrogens is 398 g/mol. The van der Waals surface area contributed by atoms with Crippen molar-refractivity contribution in [1.82, 2.24) is 15.7 Å². The van der Waals surface area contributed by atoms with Crippen LogP contribution in [0.15, 0.2) is 48.5 Å². The Hall–Kier alpha value is -3.27. The number of benzene rings is 2. The van der Waals surface area contributed by atoms with Crippen LogP contribution >= 0.6 is 0 Å². The molecule has 9 heteroatoms. The molecular formula is C22H29N5O4. The molecule has 3 amide bonds. The average Bonchev–Trinajstić information content (AvgIpc) is 2.77. The molecule has 0 saturated carbocycles. The number of amides is 3. The number of nitrogens with zero attached hydrogens (tertiary/aromatic N) is 1. The molecule has 0 fully saturated rings. The van der Waals surface area contributed by atoms with Crippen molar-refractivity contribution in [1.29, 1.82) is 0 Å². The Labute approximate surface area is 181 Å². The van der Waals surface area contributed by atoms with Gasteiger partial charge in [0.1, 0.15) is 6.04 Å². The topological polar surface area (TPSA) is 137 Å². The normalized spacial score (nSPS) is 11.6. The predicted molar refractivity (Wildman–Crippen MR) is 119 cm³/mol. The van der Waals surface area contributed by atoms with Gasteiger partial charge in [-0.05, 0) is 55.4 Å². The Balaban J connectivity index is 1.99. The molecule has 0 heterocycles. The third-order valence-electron chi connectivity index (χ3n) is 4.64. The third kappa shape index (κ3) is 7.18. The quantitative estimate of drug-likeness (QED) is 0.285. The highest BCUT2D eigenvalue weighted by Crippen LogP contribution is 2.22. The second-order valence-corrected chi connectivity index (χ2v) is 7.18. The summed E-state index contributed by atoms with van der Waals surface area (Å²) < 4.78 is 0. The summed E-state index contributed by atoms with van der Waals surface area (Å²) in [6.07, 6.45) is 0.991. The Morgan fingerprint density at radius 1 is 1.03 bits per heavy atom. The number of anilines is 1. The van der Waals surface area contributed by atoms with Gasteiger partial charge >= 0.3 is 0 Å². The molecule has 2 aromatic carbocycles. The fraction of sp³-hybridized carbons (Fsp3) is 0.318. The lowest BCUT2D eigenvalue weighted by atomic mass is 10.0. The summed E-state index contributed by atoms with van der Waals surface area (Å²) in [6.45, 7) is 3.12. The molecule has 2 rings (SSSR count). The summed E-state index contributed by atoms with van der Waals surface area (Å²) in [5.74, 6) is -1.32. The van der Waals surface area contributed by atoms with E-state index in [1.165, 1.54) is 5.48 Å². The first-order chi connectivity index (χ1) is 14.9. The zero-order valence-electron chi connectivity index (χ0n) is 17.7. The van der Waals surface area contributed by atoms with Crippen LogP contribution in [-0.4, -0.2) is 60.6 Å². The van der Waals surface area contributed by atoms with Crippen LogP contribution in [0.3, 0.4) is 0 Å². The second kappa shape index (κ2) is 11.8. The number of carbonyl (C=O) groups excluding carboxylic acids is 3. The molecule has 0 aromatic heterocycles. The maximum Gasteiger partial charge on any atom is 0.267 e. The van der Waals surface area contributed by atoms with Crippen molar-refractivity contribution < 1.29 is 19.6 Å². The molecule has 0 radical (unpaired) electrons. The van der Waals surface area contributed by atoms with Crippen molar-refractivity contribution in [2.45, 2.75) is 19.4 Å². The van der Waals surface area contributed by atoms with Crippen LogP contribution in [0.25, 0.3) is 11.1 Å². The predicted octanol–water partition coefficient (Wildman–Crippen LogP) is 1.20. The maximum absolute atomic E-state index is 12.3. The lowest BCUT2D eigenvalue weighted by Gasteiger charge is -2.15. The van der Waals surface area contributed by atoms with Gasteiger partial charge in [0.25, 0.3) is 11.8 Å². The molecule has 0 aliphatic rings. The van der Waals surface area contributed by atoms with E-state index < -0.39 is 17.9 Å². The van der Waals surface area contributed by atoms with Gasteiger partial charge in [-0.25, -0.2) is 5.48 Å². The van der Waals surface area contributed by atoms with Crippen LogP contribution in [0.1, 0.15) is 23.7 Å². The lowest BCUT2D eigenvalue weighted by Crippen LogP contribution is -2.50. The number of nitrogens with one attached hydrogen (secondary N) is 3. The molecule has 0 bridgehead atoms. The van der Waals surface area contributed by atoms with E-state index in [1.54, 1.807) is 24.3 Å². The zero-order chi connectivity index (χ0) is 22.8. The van der Waals surface area contributed by atoms with Gasteiger partial charge in [-0.3, -0.25) is 24.5 Å². The highest BCUT2D eigenvalue weighted by molar-refractivity contribution is 5.98. The number of nitrogens with two attached hydrogens (primary N) is 1. The van der Waals surface area contributed by atoms with E-state index in [0.717, 1.165) is 24.1 Å². The summed E-state index contributed by atoms with van der Waals surface area (Å²) in [4.78, 5) is 37.8. The molecule has 166 valence electrons. The SMILES string of the molecule is CCCN(C)CC(=O)Nc1ccc(-c2ccc(C(=O)N[C@@H](CN)C(=O)NO)cc2)cc1. The van der Waals surface area contributed by atoms with Crippen LogP contribution in [0.4, 0.5) is 5.69 Å². The first kappa shape index (κ1) is 24.0. The summed E-state index contributed by atoms with van der Waals surface area (Å²) in [5.41, 5.74) is 9.79. The van der Waals surface area contributed by atoms with Gasteiger partial charge in [0.15, 0.2) is 0 Å². The molecule has 2 aromatic rings. The fourth-order valence-corrected chi connectivity index (χ4v) is 3.02. The first-order valence-electron chi connectivity index (χ1n) is 10.0. The van der Waals surface area contributed by atoms with Gasteiger partial charge in [0.05, 0.1) is 6.54 Å². The van der Waals surface area contributed by atoms with Crippen molar-refractivity contribution >= 4 is 23.4 Å². The van der Waals surface area contributed by atoms with E-state index in [0.29, 0.717) is 17.8 Å². The van der Waals surface area contributed by atoms with Crippen LogP contribution in [0.5, 0.6) is 0 Å². The van der Waals surface area contributed by atoms with E-state index in [1.807, 2.05) is 36.2 Å². The molecule has 0 spiro atoms. The number of hydroxylamine groups is 1. The highest BCUT2D eigenvalue weighted by atomic mass is 16.5. The first-order valence-corrected chi connectivity index (χ1v) is 10.0. The van der Waals surface area contributed by atoms with Crippen molar-refractivity contribution in [3.05, 3.63) is 54.1 Å². The van der Waals surface area contributed by atoms with Crippen LogP contribution in [0, 0.1) is 0 Å². The zero-order valence-corrected chi connectivity index (χ0v) is 17.7. The minimum Gasteiger partial charge on any atom is -0.339 e. The Kier molecular flexibility index (Phi) is 9.13. The van der Waals surface area contributed by atoms with E-state index >= 15 is 0 Å². The summed E-state index contributed by atoms with van der Waals surface area (Å²) in [7, 11) is 1.91. The Morgan fingerprint density at radius 2 is 1.61 bits per heavy atom. The smallest absolute Gasteiger partial charge is 0.267 e. The van der Waals surface area contributed by atoms with Gasteiger partial charge < -0.3 is 16.4 Å². The van der Waals surface area contributed by atoms with Crippen LogP contribution in [0.2, 0.25) is 0 Å². The third-order valence-corrected chi connectivity index (χ3v) is 4.64. The van der Waals surface area contributed by atoms with Crippen LogP contribution < -0.4 is 21.8 Å². The van der Waals surface area contributed by atoms with E-state index in [-0.39, 0.29) is 12.5 Å². The lowest BCUT2D eigenvalue weighted by molar-refractivity contribution is -0.130. The van der Waals surface area contributed by atoms with E-state index in [9.17, 15) is 14.4 Å². The second-order valence-electron chi connectivity index (χ2n) is 7.18. The molecule has 1 atom stereocenters. The maximum atomic E-state index is 12.3. The fourth-order valence-electron chi connectivity index (χ4n) is 3.02. The largest absolute Gasteiger partial charge is 0.339 e. The van der Waals surface area contributed by atoms with Gasteiger partial charge in [-0.1, -0.05) is 31.2 Å². The van der Waals surface area contributed by atoms with Crippen molar-refractivity contribution in [3.8, 4) is 11.1 Å². The van der Waals surface area contributed by atoms with E-state index in [4.69, 9.17) is 10.9 Å². The minimum absolute atomic E-state index is 0.0651. The standard InChI is InChI=1S/C22H29N5O4/c1-3-12-27(2)14-20(28)24-18-10-8-16(9-11-18)15-4-6-17(7-5-15)21(29)25-19(13-23)22(30)26-31/h4-11,19,31H,3,12-14,23H2,1-2H3,(H,24,28)(H,25,29)(H,26,30)/t19-/m0/s1. The average molecular weight is 428 g/mol. The Morgan fingerprint density at radius 3 is 2.13 bits per heavy atom. The van der Waals surface area contributed by atoms with Gasteiger partial charge in [0.2, 0.25) is 5.91 Å². The molecule has 9 nitrogen and oxygen atoms in total. The van der Waals surface area contributed by atoms with Gasteiger partial charge in [-0.2, -0.15) is 0 Å². The number of hydrogen-bond donors (Lipinski definition) is 5. The van der Waals surface area contributed by atoms with Crippen molar-refractivity contribution in [2.24, 2.45) is 5.73 Å². The molecule has 0 saturated heterocycles. The summed E-state index contributed by atoms with van der Waals surface area (Å²) in [6, 6.07) is 13.2. The molecule has 0 aliphatic heterocycles. The number of carbonyl (C=O) groups is 3. The minimum atomic E-state index is -1.03. The Bertz CT molecular complexity index is 884.